The van der Waals surface area contributed by atoms with Crippen LogP contribution in [0.2, 0.25) is 0 Å². The van der Waals surface area contributed by atoms with Crippen LogP contribution in [0, 0.1) is 0 Å². The summed E-state index contributed by atoms with van der Waals surface area (Å²) in [5, 5.41) is 8.81. The van der Waals surface area contributed by atoms with E-state index in [4.69, 9.17) is 33.4 Å². The number of nitrogens with zero attached hydrogens (tertiary/aromatic N) is 2. The van der Waals surface area contributed by atoms with Crippen molar-refractivity contribution in [3.05, 3.63) is 30.3 Å². The van der Waals surface area contributed by atoms with Crippen molar-refractivity contribution in [1.82, 2.24) is 10.3 Å². The Morgan fingerprint density at radius 2 is 1.68 bits per heavy atom. The molecule has 3 heterocycles. The number of aliphatic imine (C=N–C) groups is 1. The zero-order chi connectivity index (χ0) is 25.4. The van der Waals surface area contributed by atoms with Crippen LogP contribution in [0.3, 0.4) is 0 Å². The molecule has 0 radical (unpaired) electrons. The maximum atomic E-state index is 6.41. The predicted molar refractivity (Wildman–Crippen MR) is 145 cm³/mol. The lowest BCUT2D eigenvalue weighted by atomic mass is 9.99. The van der Waals surface area contributed by atoms with Crippen molar-refractivity contribution in [2.75, 3.05) is 53.6 Å². The number of hydrogen-bond acceptors (Lipinski definition) is 10. The van der Waals surface area contributed by atoms with Crippen molar-refractivity contribution in [3.63, 3.8) is 0 Å². The molecule has 6 rings (SSSR count). The van der Waals surface area contributed by atoms with Gasteiger partial charge in [-0.05, 0) is 42.1 Å². The van der Waals surface area contributed by atoms with Crippen molar-refractivity contribution in [2.24, 2.45) is 4.99 Å². The minimum Gasteiger partial charge on any atom is -0.493 e. The monoisotopic (exact) mass is 521 g/mol. The Morgan fingerprint density at radius 1 is 0.892 bits per heavy atom. The molecule has 37 heavy (non-hydrogen) atoms. The number of fused-ring (bicyclic) bond motifs is 6. The SMILES string of the molecule is COc1cc2c(OC)nc3c4cc5c(cc4cc(OCCCNC4=NCCS4)c3c2cc1OC)OCO5. The van der Waals surface area contributed by atoms with Gasteiger partial charge in [-0.15, -0.1) is 0 Å². The van der Waals surface area contributed by atoms with Gasteiger partial charge in [0.25, 0.3) is 0 Å². The highest BCUT2D eigenvalue weighted by Crippen LogP contribution is 2.46. The molecule has 0 unspecified atom stereocenters. The minimum absolute atomic E-state index is 0.195. The number of nitrogens with one attached hydrogen (secondary N) is 1. The van der Waals surface area contributed by atoms with Crippen LogP contribution in [-0.4, -0.2) is 63.7 Å². The average molecular weight is 522 g/mol. The summed E-state index contributed by atoms with van der Waals surface area (Å²) in [6.45, 7) is 2.38. The first kappa shape index (κ1) is 23.6. The number of methoxy groups -OCH3 is 3. The summed E-state index contributed by atoms with van der Waals surface area (Å²) in [4.78, 5) is 9.38. The Hall–Kier alpha value is -3.79. The van der Waals surface area contributed by atoms with Gasteiger partial charge in [-0.1, -0.05) is 11.8 Å². The van der Waals surface area contributed by atoms with Crippen LogP contribution in [0.5, 0.6) is 34.6 Å². The molecule has 0 fully saturated rings. The fourth-order valence-corrected chi connectivity index (χ4v) is 5.47. The van der Waals surface area contributed by atoms with E-state index in [9.17, 15) is 0 Å². The number of ether oxygens (including phenoxy) is 6. The van der Waals surface area contributed by atoms with Crippen LogP contribution < -0.4 is 33.7 Å². The van der Waals surface area contributed by atoms with E-state index in [0.717, 1.165) is 68.6 Å². The molecule has 9 nitrogen and oxygen atoms in total. The number of amidine groups is 1. The Bertz CT molecular complexity index is 1540. The standard InChI is InChI=1S/C27H27N3O6S/c1-31-19-12-17-18(13-20(19)32-2)26(33-3)30-25-16-11-22-21(35-14-36-22)9-15(16)10-23(24(17)25)34-7-4-5-28-27-29-6-8-37-27/h9-13H,4-8,14H2,1-3H3,(H,28,29). The normalized spacial score (nSPS) is 14.3. The van der Waals surface area contributed by atoms with Gasteiger partial charge in [-0.25, -0.2) is 4.98 Å². The van der Waals surface area contributed by atoms with Crippen molar-refractivity contribution in [1.29, 1.82) is 0 Å². The molecule has 192 valence electrons. The molecule has 0 saturated carbocycles. The van der Waals surface area contributed by atoms with Crippen LogP contribution in [-0.2, 0) is 0 Å². The van der Waals surface area contributed by atoms with E-state index in [1.165, 1.54) is 0 Å². The van der Waals surface area contributed by atoms with Crippen LogP contribution in [0.4, 0.5) is 0 Å². The van der Waals surface area contributed by atoms with E-state index in [-0.39, 0.29) is 6.79 Å². The fourth-order valence-electron chi connectivity index (χ4n) is 4.71. The number of aromatic nitrogens is 1. The van der Waals surface area contributed by atoms with Crippen molar-refractivity contribution in [3.8, 4) is 34.6 Å². The molecule has 0 saturated heterocycles. The molecule has 1 aromatic heterocycles. The van der Waals surface area contributed by atoms with E-state index in [1.54, 1.807) is 33.1 Å². The maximum absolute atomic E-state index is 6.41. The number of benzene rings is 3. The van der Waals surface area contributed by atoms with Crippen LogP contribution in [0.25, 0.3) is 32.4 Å². The summed E-state index contributed by atoms with van der Waals surface area (Å²) in [6.07, 6.45) is 0.818. The zero-order valence-corrected chi connectivity index (χ0v) is 21.7. The second-order valence-electron chi connectivity index (χ2n) is 8.56. The lowest BCUT2D eigenvalue weighted by Crippen LogP contribution is -2.21. The molecule has 0 amide bonds. The van der Waals surface area contributed by atoms with Crippen LogP contribution >= 0.6 is 11.8 Å². The fraction of sp³-hybridized carbons (Fsp3) is 0.333. The Labute approximate surface area is 218 Å². The van der Waals surface area contributed by atoms with Gasteiger partial charge < -0.3 is 33.7 Å². The first-order valence-corrected chi connectivity index (χ1v) is 13.0. The molecule has 2 aliphatic rings. The van der Waals surface area contributed by atoms with Crippen LogP contribution in [0.15, 0.2) is 35.3 Å². The average Bonchev–Trinajstić information content (AvgIpc) is 3.62. The first-order chi connectivity index (χ1) is 18.2. The van der Waals surface area contributed by atoms with Gasteiger partial charge in [0, 0.05) is 28.5 Å². The third kappa shape index (κ3) is 4.25. The molecule has 0 bridgehead atoms. The molecule has 0 atom stereocenters. The smallest absolute Gasteiger partial charge is 0.231 e. The number of thioether (sulfide) groups is 1. The van der Waals surface area contributed by atoms with Gasteiger partial charge >= 0.3 is 0 Å². The van der Waals surface area contributed by atoms with E-state index in [2.05, 4.69) is 10.3 Å². The molecule has 3 aromatic carbocycles. The first-order valence-electron chi connectivity index (χ1n) is 12.0. The molecule has 2 aliphatic heterocycles. The Balaban J connectivity index is 1.50. The van der Waals surface area contributed by atoms with Crippen molar-refractivity contribution in [2.45, 2.75) is 6.42 Å². The van der Waals surface area contributed by atoms with Gasteiger partial charge in [0.05, 0.1) is 45.4 Å². The molecule has 1 N–H and O–H groups in total. The van der Waals surface area contributed by atoms with Gasteiger partial charge in [-0.3, -0.25) is 4.99 Å². The zero-order valence-electron chi connectivity index (χ0n) is 20.9. The number of pyridine rings is 1. The minimum atomic E-state index is 0.195. The van der Waals surface area contributed by atoms with Gasteiger partial charge in [0.15, 0.2) is 28.2 Å². The second kappa shape index (κ2) is 9.93. The van der Waals surface area contributed by atoms with Gasteiger partial charge in [-0.2, -0.15) is 0 Å². The molecule has 10 heteroatoms. The molecular weight excluding hydrogens is 494 g/mol. The summed E-state index contributed by atoms with van der Waals surface area (Å²) < 4.78 is 34.6. The van der Waals surface area contributed by atoms with Gasteiger partial charge in [0.1, 0.15) is 5.75 Å². The predicted octanol–water partition coefficient (Wildman–Crippen LogP) is 4.76. The Morgan fingerprint density at radius 3 is 2.41 bits per heavy atom. The summed E-state index contributed by atoms with van der Waals surface area (Å²) in [5.74, 6) is 4.85. The summed E-state index contributed by atoms with van der Waals surface area (Å²) in [5.41, 5.74) is 0.747. The summed E-state index contributed by atoms with van der Waals surface area (Å²) >= 11 is 1.75. The molecular formula is C27H27N3O6S. The van der Waals surface area contributed by atoms with E-state index in [1.807, 2.05) is 30.3 Å². The third-order valence-corrected chi connectivity index (χ3v) is 7.37. The number of hydrogen-bond donors (Lipinski definition) is 1. The summed E-state index contributed by atoms with van der Waals surface area (Å²) in [6, 6.07) is 9.80. The quantitative estimate of drug-likeness (QED) is 0.260. The van der Waals surface area contributed by atoms with Crippen molar-refractivity contribution < 1.29 is 28.4 Å². The largest absolute Gasteiger partial charge is 0.493 e. The Kier molecular flexibility index (Phi) is 6.33. The highest BCUT2D eigenvalue weighted by molar-refractivity contribution is 8.14. The summed E-state index contributed by atoms with van der Waals surface area (Å²) in [7, 11) is 4.85. The van der Waals surface area contributed by atoms with E-state index >= 15 is 0 Å². The van der Waals surface area contributed by atoms with Crippen LogP contribution in [0.1, 0.15) is 6.42 Å². The maximum Gasteiger partial charge on any atom is 0.231 e. The third-order valence-electron chi connectivity index (χ3n) is 6.44. The van der Waals surface area contributed by atoms with E-state index in [0.29, 0.717) is 35.5 Å². The molecule has 4 aromatic rings. The molecule has 0 spiro atoms. The highest BCUT2D eigenvalue weighted by Gasteiger charge is 2.22. The highest BCUT2D eigenvalue weighted by atomic mass is 32.2. The topological polar surface area (TPSA) is 92.7 Å². The second-order valence-corrected chi connectivity index (χ2v) is 9.65. The molecule has 0 aliphatic carbocycles. The lowest BCUT2D eigenvalue weighted by Gasteiger charge is -2.17. The van der Waals surface area contributed by atoms with Gasteiger partial charge in [0.2, 0.25) is 12.7 Å². The van der Waals surface area contributed by atoms with Crippen molar-refractivity contribution >= 4 is 49.4 Å². The lowest BCUT2D eigenvalue weighted by molar-refractivity contribution is 0.174. The number of rotatable bonds is 8. The van der Waals surface area contributed by atoms with E-state index < -0.39 is 0 Å².